The van der Waals surface area contributed by atoms with Gasteiger partial charge in [0.1, 0.15) is 11.3 Å². The highest BCUT2D eigenvalue weighted by Crippen LogP contribution is 2.31. The molecule has 6 nitrogen and oxygen atoms in total. The van der Waals surface area contributed by atoms with Crippen molar-refractivity contribution in [1.82, 2.24) is 0 Å². The molecule has 22 heavy (non-hydrogen) atoms. The molecule has 0 radical (unpaired) electrons. The Bertz CT molecular complexity index is 695. The van der Waals surface area contributed by atoms with Crippen LogP contribution in [0.25, 0.3) is 0 Å². The summed E-state index contributed by atoms with van der Waals surface area (Å²) in [4.78, 5) is 11.2. The van der Waals surface area contributed by atoms with E-state index in [4.69, 9.17) is 9.84 Å². The Morgan fingerprint density at radius 2 is 1.91 bits per heavy atom. The number of phenols is 2. The second-order valence-electron chi connectivity index (χ2n) is 4.77. The van der Waals surface area contributed by atoms with E-state index in [-0.39, 0.29) is 29.2 Å². The van der Waals surface area contributed by atoms with Crippen LogP contribution in [0.4, 0.5) is 0 Å². The molecule has 0 aliphatic rings. The van der Waals surface area contributed by atoms with E-state index in [1.54, 1.807) is 0 Å². The van der Waals surface area contributed by atoms with Crippen LogP contribution in [0, 0.1) is 0 Å². The molecule has 1 atom stereocenters. The lowest BCUT2D eigenvalue weighted by Gasteiger charge is -2.15. The second-order valence-corrected chi connectivity index (χ2v) is 4.77. The molecule has 0 saturated carbocycles. The molecule has 6 heteroatoms. The fraction of sp³-hybridized carbons (Fsp3) is 0.188. The van der Waals surface area contributed by atoms with Crippen LogP contribution in [0.1, 0.15) is 27.6 Å². The molecule has 0 aromatic heterocycles. The van der Waals surface area contributed by atoms with Gasteiger partial charge < -0.3 is 25.2 Å². The highest BCUT2D eigenvalue weighted by atomic mass is 16.5. The largest absolute Gasteiger partial charge is 0.507 e. The topological polar surface area (TPSA) is 107 Å². The van der Waals surface area contributed by atoms with Gasteiger partial charge in [0.15, 0.2) is 11.5 Å². The maximum absolute atomic E-state index is 11.2. The average molecular weight is 304 g/mol. The molecule has 0 bridgehead atoms. The zero-order valence-electron chi connectivity index (χ0n) is 11.9. The van der Waals surface area contributed by atoms with E-state index in [1.807, 2.05) is 0 Å². The quantitative estimate of drug-likeness (QED) is 0.673. The number of aliphatic hydroxyl groups is 1. The SMILES string of the molecule is COc1cc(C(O)Cc2cccc(O)c2C(=O)O)ccc1O. The van der Waals surface area contributed by atoms with Crippen molar-refractivity contribution in [3.63, 3.8) is 0 Å². The Morgan fingerprint density at radius 3 is 2.55 bits per heavy atom. The van der Waals surface area contributed by atoms with Crippen LogP contribution in [0.3, 0.4) is 0 Å². The second kappa shape index (κ2) is 6.36. The third-order valence-corrected chi connectivity index (χ3v) is 3.34. The Labute approximate surface area is 126 Å². The highest BCUT2D eigenvalue weighted by molar-refractivity contribution is 5.92. The molecule has 0 aliphatic carbocycles. The molecular formula is C16H16O6. The van der Waals surface area contributed by atoms with Gasteiger partial charge in [0.05, 0.1) is 13.2 Å². The predicted octanol–water partition coefficient (Wildman–Crippen LogP) is 2.08. The molecule has 2 rings (SSSR count). The van der Waals surface area contributed by atoms with Gasteiger partial charge in [0, 0.05) is 6.42 Å². The van der Waals surface area contributed by atoms with Crippen LogP contribution in [0.5, 0.6) is 17.2 Å². The predicted molar refractivity (Wildman–Crippen MR) is 78.4 cm³/mol. The van der Waals surface area contributed by atoms with Crippen LogP contribution in [-0.2, 0) is 6.42 Å². The van der Waals surface area contributed by atoms with E-state index >= 15 is 0 Å². The third kappa shape index (κ3) is 3.12. The summed E-state index contributed by atoms with van der Waals surface area (Å²) in [6, 6.07) is 8.71. The van der Waals surface area contributed by atoms with Crippen LogP contribution in [0.2, 0.25) is 0 Å². The van der Waals surface area contributed by atoms with Crippen LogP contribution >= 0.6 is 0 Å². The number of carboxylic acid groups (broad SMARTS) is 1. The van der Waals surface area contributed by atoms with Gasteiger partial charge in [0.2, 0.25) is 0 Å². The van der Waals surface area contributed by atoms with Gasteiger partial charge in [0.25, 0.3) is 0 Å². The fourth-order valence-corrected chi connectivity index (χ4v) is 2.23. The van der Waals surface area contributed by atoms with Gasteiger partial charge in [-0.2, -0.15) is 0 Å². The monoisotopic (exact) mass is 304 g/mol. The van der Waals surface area contributed by atoms with Gasteiger partial charge in [-0.15, -0.1) is 0 Å². The van der Waals surface area contributed by atoms with Gasteiger partial charge in [-0.1, -0.05) is 18.2 Å². The molecule has 0 spiro atoms. The zero-order chi connectivity index (χ0) is 16.3. The Balaban J connectivity index is 2.31. The Kier molecular flexibility index (Phi) is 4.53. The maximum Gasteiger partial charge on any atom is 0.339 e. The Hall–Kier alpha value is -2.73. The summed E-state index contributed by atoms with van der Waals surface area (Å²) in [5.41, 5.74) is 0.550. The highest BCUT2D eigenvalue weighted by Gasteiger charge is 2.19. The number of carbonyl (C=O) groups is 1. The number of ether oxygens (including phenoxy) is 1. The lowest BCUT2D eigenvalue weighted by molar-refractivity contribution is 0.0691. The number of carboxylic acids is 1. The van der Waals surface area contributed by atoms with Gasteiger partial charge in [-0.3, -0.25) is 0 Å². The molecule has 0 fully saturated rings. The summed E-state index contributed by atoms with van der Waals surface area (Å²) in [6.45, 7) is 0. The molecule has 0 aliphatic heterocycles. The van der Waals surface area contributed by atoms with Crippen molar-refractivity contribution in [2.24, 2.45) is 0 Å². The zero-order valence-corrected chi connectivity index (χ0v) is 11.9. The smallest absolute Gasteiger partial charge is 0.339 e. The third-order valence-electron chi connectivity index (χ3n) is 3.34. The minimum Gasteiger partial charge on any atom is -0.507 e. The molecule has 0 saturated heterocycles. The van der Waals surface area contributed by atoms with Gasteiger partial charge >= 0.3 is 5.97 Å². The number of aliphatic hydroxyl groups excluding tert-OH is 1. The van der Waals surface area contributed by atoms with E-state index in [2.05, 4.69) is 0 Å². The summed E-state index contributed by atoms with van der Waals surface area (Å²) in [5, 5.41) is 38.6. The number of rotatable bonds is 5. The minimum absolute atomic E-state index is 0.00393. The van der Waals surface area contributed by atoms with Crippen molar-refractivity contribution in [1.29, 1.82) is 0 Å². The number of benzene rings is 2. The van der Waals surface area contributed by atoms with Crippen molar-refractivity contribution < 1.29 is 30.0 Å². The minimum atomic E-state index is -1.26. The number of aromatic hydroxyl groups is 2. The first kappa shape index (κ1) is 15.7. The van der Waals surface area contributed by atoms with E-state index < -0.39 is 12.1 Å². The average Bonchev–Trinajstić information content (AvgIpc) is 2.47. The van der Waals surface area contributed by atoms with Crippen molar-refractivity contribution >= 4 is 5.97 Å². The first-order valence-corrected chi connectivity index (χ1v) is 6.53. The van der Waals surface area contributed by atoms with Crippen molar-refractivity contribution in [3.05, 3.63) is 53.1 Å². The lowest BCUT2D eigenvalue weighted by Crippen LogP contribution is -2.08. The summed E-state index contributed by atoms with van der Waals surface area (Å²) >= 11 is 0. The summed E-state index contributed by atoms with van der Waals surface area (Å²) in [5.74, 6) is -1.45. The van der Waals surface area contributed by atoms with E-state index in [9.17, 15) is 20.1 Å². The number of hydrogen-bond acceptors (Lipinski definition) is 5. The molecule has 2 aromatic rings. The van der Waals surface area contributed by atoms with E-state index in [0.29, 0.717) is 11.1 Å². The Morgan fingerprint density at radius 1 is 1.18 bits per heavy atom. The molecule has 116 valence electrons. The van der Waals surface area contributed by atoms with Crippen molar-refractivity contribution in [2.45, 2.75) is 12.5 Å². The van der Waals surface area contributed by atoms with Crippen LogP contribution < -0.4 is 4.74 Å². The molecule has 1 unspecified atom stereocenters. The van der Waals surface area contributed by atoms with E-state index in [0.717, 1.165) is 0 Å². The number of aromatic carboxylic acids is 1. The first-order valence-electron chi connectivity index (χ1n) is 6.53. The molecule has 2 aromatic carbocycles. The summed E-state index contributed by atoms with van der Waals surface area (Å²) in [7, 11) is 1.39. The maximum atomic E-state index is 11.2. The standard InChI is InChI=1S/C16H16O6/c1-22-14-8-9(5-6-11(14)17)13(19)7-10-3-2-4-12(18)15(10)16(20)21/h2-6,8,13,17-19H,7H2,1H3,(H,20,21). The normalized spacial score (nSPS) is 11.9. The summed E-state index contributed by atoms with van der Waals surface area (Å²) in [6.07, 6.45) is -1.00. The van der Waals surface area contributed by atoms with Gasteiger partial charge in [-0.25, -0.2) is 4.79 Å². The summed E-state index contributed by atoms with van der Waals surface area (Å²) < 4.78 is 4.97. The molecular weight excluding hydrogens is 288 g/mol. The fourth-order valence-electron chi connectivity index (χ4n) is 2.23. The number of phenolic OH excluding ortho intramolecular Hbond substituents is 1. The van der Waals surface area contributed by atoms with Crippen LogP contribution in [-0.4, -0.2) is 33.5 Å². The van der Waals surface area contributed by atoms with Crippen molar-refractivity contribution in [2.75, 3.05) is 7.11 Å². The van der Waals surface area contributed by atoms with Gasteiger partial charge in [-0.05, 0) is 29.3 Å². The molecule has 0 heterocycles. The molecule has 4 N–H and O–H groups in total. The number of hydrogen-bond donors (Lipinski definition) is 4. The number of methoxy groups -OCH3 is 1. The first-order chi connectivity index (χ1) is 10.4. The van der Waals surface area contributed by atoms with Crippen LogP contribution in [0.15, 0.2) is 36.4 Å². The van der Waals surface area contributed by atoms with Crippen molar-refractivity contribution in [3.8, 4) is 17.2 Å². The van der Waals surface area contributed by atoms with E-state index in [1.165, 1.54) is 43.5 Å². The molecule has 0 amide bonds. The lowest BCUT2D eigenvalue weighted by atomic mass is 9.96.